The third-order valence-corrected chi connectivity index (χ3v) is 4.19. The molecule has 3 nitrogen and oxygen atoms in total. The quantitative estimate of drug-likeness (QED) is 0.934. The SMILES string of the molecule is CC1CCCC(N)(C(=O)Cc2ccc(Br)cn2)C1. The molecule has 1 aromatic rings. The van der Waals surface area contributed by atoms with Crippen molar-refractivity contribution in [1.82, 2.24) is 4.98 Å². The summed E-state index contributed by atoms with van der Waals surface area (Å²) in [6.45, 7) is 2.17. The Balaban J connectivity index is 2.04. The van der Waals surface area contributed by atoms with Crippen molar-refractivity contribution in [3.8, 4) is 0 Å². The Morgan fingerprint density at radius 1 is 1.61 bits per heavy atom. The lowest BCUT2D eigenvalue weighted by atomic mass is 9.74. The summed E-state index contributed by atoms with van der Waals surface area (Å²) < 4.78 is 0.924. The van der Waals surface area contributed by atoms with Gasteiger partial charge >= 0.3 is 0 Å². The van der Waals surface area contributed by atoms with E-state index in [4.69, 9.17) is 5.73 Å². The van der Waals surface area contributed by atoms with Crippen LogP contribution in [0.3, 0.4) is 0 Å². The number of nitrogens with two attached hydrogens (primary N) is 1. The number of carbonyl (C=O) groups is 1. The highest BCUT2D eigenvalue weighted by molar-refractivity contribution is 9.10. The van der Waals surface area contributed by atoms with Crippen molar-refractivity contribution in [2.75, 3.05) is 0 Å². The molecule has 18 heavy (non-hydrogen) atoms. The monoisotopic (exact) mass is 310 g/mol. The lowest BCUT2D eigenvalue weighted by molar-refractivity contribution is -0.125. The summed E-state index contributed by atoms with van der Waals surface area (Å²) in [6, 6.07) is 3.78. The van der Waals surface area contributed by atoms with E-state index in [2.05, 4.69) is 27.8 Å². The maximum atomic E-state index is 12.3. The van der Waals surface area contributed by atoms with Crippen molar-refractivity contribution >= 4 is 21.7 Å². The molecular weight excluding hydrogens is 292 g/mol. The van der Waals surface area contributed by atoms with Crippen LogP contribution in [0.4, 0.5) is 0 Å². The Kier molecular flexibility index (Phi) is 4.17. The molecule has 98 valence electrons. The van der Waals surface area contributed by atoms with Crippen LogP contribution >= 0.6 is 15.9 Å². The number of pyridine rings is 1. The minimum absolute atomic E-state index is 0.129. The Morgan fingerprint density at radius 2 is 2.39 bits per heavy atom. The van der Waals surface area contributed by atoms with Gasteiger partial charge < -0.3 is 5.73 Å². The zero-order valence-corrected chi connectivity index (χ0v) is 12.2. The summed E-state index contributed by atoms with van der Waals surface area (Å²) in [6.07, 6.45) is 5.92. The van der Waals surface area contributed by atoms with E-state index in [1.807, 2.05) is 12.1 Å². The van der Waals surface area contributed by atoms with Gasteiger partial charge in [0.25, 0.3) is 0 Å². The van der Waals surface area contributed by atoms with Crippen LogP contribution in [0.2, 0.25) is 0 Å². The minimum atomic E-state index is -0.633. The summed E-state index contributed by atoms with van der Waals surface area (Å²) >= 11 is 3.33. The number of aromatic nitrogens is 1. The second kappa shape index (κ2) is 5.49. The molecule has 0 radical (unpaired) electrons. The van der Waals surface area contributed by atoms with Gasteiger partial charge in [0.15, 0.2) is 5.78 Å². The predicted molar refractivity (Wildman–Crippen MR) is 75.2 cm³/mol. The van der Waals surface area contributed by atoms with Gasteiger partial charge in [0.05, 0.1) is 12.0 Å². The molecule has 1 aromatic heterocycles. The molecule has 0 spiro atoms. The van der Waals surface area contributed by atoms with E-state index in [-0.39, 0.29) is 5.78 Å². The molecule has 2 atom stereocenters. The van der Waals surface area contributed by atoms with Crippen molar-refractivity contribution < 1.29 is 4.79 Å². The summed E-state index contributed by atoms with van der Waals surface area (Å²) in [5, 5.41) is 0. The van der Waals surface area contributed by atoms with E-state index in [1.165, 1.54) is 6.42 Å². The van der Waals surface area contributed by atoms with E-state index in [9.17, 15) is 4.79 Å². The van der Waals surface area contributed by atoms with Crippen molar-refractivity contribution in [1.29, 1.82) is 0 Å². The molecule has 2 rings (SSSR count). The lowest BCUT2D eigenvalue weighted by Crippen LogP contribution is -2.51. The first kappa shape index (κ1) is 13.7. The molecule has 1 heterocycles. The van der Waals surface area contributed by atoms with Crippen LogP contribution in [0.15, 0.2) is 22.8 Å². The number of halogens is 1. The first-order chi connectivity index (χ1) is 8.49. The van der Waals surface area contributed by atoms with Crippen LogP contribution in [0.25, 0.3) is 0 Å². The highest BCUT2D eigenvalue weighted by Crippen LogP contribution is 2.31. The number of ketones is 1. The molecule has 0 amide bonds. The maximum absolute atomic E-state index is 12.3. The number of rotatable bonds is 3. The van der Waals surface area contributed by atoms with Gasteiger partial charge in [0.1, 0.15) is 0 Å². The first-order valence-electron chi connectivity index (χ1n) is 6.42. The van der Waals surface area contributed by atoms with Crippen molar-refractivity contribution in [3.05, 3.63) is 28.5 Å². The zero-order chi connectivity index (χ0) is 13.2. The highest BCUT2D eigenvalue weighted by atomic mass is 79.9. The normalized spacial score (nSPS) is 28.1. The first-order valence-corrected chi connectivity index (χ1v) is 7.21. The van der Waals surface area contributed by atoms with Gasteiger partial charge in [-0.2, -0.15) is 0 Å². The third kappa shape index (κ3) is 3.18. The molecule has 1 aliphatic rings. The molecule has 0 aromatic carbocycles. The van der Waals surface area contributed by atoms with Crippen LogP contribution in [-0.4, -0.2) is 16.3 Å². The Bertz CT molecular complexity index is 432. The maximum Gasteiger partial charge on any atom is 0.158 e. The van der Waals surface area contributed by atoms with Crippen molar-refractivity contribution in [3.63, 3.8) is 0 Å². The molecule has 0 saturated heterocycles. The van der Waals surface area contributed by atoms with Gasteiger partial charge in [-0.15, -0.1) is 0 Å². The number of Topliss-reactive ketones (excluding diaryl/α,β-unsaturated/α-hetero) is 1. The largest absolute Gasteiger partial charge is 0.319 e. The molecule has 0 aliphatic heterocycles. The third-order valence-electron chi connectivity index (χ3n) is 3.72. The lowest BCUT2D eigenvalue weighted by Gasteiger charge is -2.35. The Morgan fingerprint density at radius 3 is 3.00 bits per heavy atom. The number of hydrogen-bond acceptors (Lipinski definition) is 3. The van der Waals surface area contributed by atoms with Crippen molar-refractivity contribution in [2.24, 2.45) is 11.7 Å². The number of hydrogen-bond donors (Lipinski definition) is 1. The van der Waals surface area contributed by atoms with Gasteiger partial charge in [0, 0.05) is 16.4 Å². The molecule has 1 saturated carbocycles. The minimum Gasteiger partial charge on any atom is -0.319 e. The molecule has 2 N–H and O–H groups in total. The average Bonchev–Trinajstić information content (AvgIpc) is 2.32. The second-order valence-electron chi connectivity index (χ2n) is 5.43. The summed E-state index contributed by atoms with van der Waals surface area (Å²) in [5.41, 5.74) is 6.45. The van der Waals surface area contributed by atoms with Crippen LogP contribution < -0.4 is 5.73 Å². The van der Waals surface area contributed by atoms with E-state index in [1.54, 1.807) is 6.20 Å². The van der Waals surface area contributed by atoms with Crippen molar-refractivity contribution in [2.45, 2.75) is 44.6 Å². The molecule has 1 aliphatic carbocycles. The fraction of sp³-hybridized carbons (Fsp3) is 0.571. The predicted octanol–water partition coefficient (Wildman–Crippen LogP) is 2.86. The summed E-state index contributed by atoms with van der Waals surface area (Å²) in [5.74, 6) is 0.675. The topological polar surface area (TPSA) is 56.0 Å². The standard InChI is InChI=1S/C14H19BrN2O/c1-10-3-2-6-14(16,8-10)13(18)7-12-5-4-11(15)9-17-12/h4-5,9-10H,2-3,6-8,16H2,1H3. The molecular formula is C14H19BrN2O. The fourth-order valence-electron chi connectivity index (χ4n) is 2.70. The second-order valence-corrected chi connectivity index (χ2v) is 6.34. The number of carbonyl (C=O) groups excluding carboxylic acids is 1. The van der Waals surface area contributed by atoms with E-state index >= 15 is 0 Å². The molecule has 1 fully saturated rings. The van der Waals surface area contributed by atoms with Crippen LogP contribution in [-0.2, 0) is 11.2 Å². The van der Waals surface area contributed by atoms with Gasteiger partial charge in [-0.1, -0.05) is 19.8 Å². The van der Waals surface area contributed by atoms with Gasteiger partial charge in [-0.25, -0.2) is 0 Å². The summed E-state index contributed by atoms with van der Waals surface area (Å²) in [4.78, 5) is 16.6. The number of nitrogens with zero attached hydrogens (tertiary/aromatic N) is 1. The van der Waals surface area contributed by atoms with Crippen LogP contribution in [0.1, 0.15) is 38.3 Å². The Labute approximate surface area is 116 Å². The van der Waals surface area contributed by atoms with Crippen LogP contribution in [0.5, 0.6) is 0 Å². The summed E-state index contributed by atoms with van der Waals surface area (Å²) in [7, 11) is 0. The van der Waals surface area contributed by atoms with E-state index < -0.39 is 5.54 Å². The van der Waals surface area contributed by atoms with Gasteiger partial charge in [-0.3, -0.25) is 9.78 Å². The van der Waals surface area contributed by atoms with E-state index in [0.717, 1.165) is 29.4 Å². The van der Waals surface area contributed by atoms with E-state index in [0.29, 0.717) is 12.3 Å². The fourth-order valence-corrected chi connectivity index (χ4v) is 2.93. The molecule has 4 heteroatoms. The molecule has 0 bridgehead atoms. The van der Waals surface area contributed by atoms with Gasteiger partial charge in [0.2, 0.25) is 0 Å². The Hall–Kier alpha value is -0.740. The molecule has 2 unspecified atom stereocenters. The average molecular weight is 311 g/mol. The zero-order valence-electron chi connectivity index (χ0n) is 10.7. The van der Waals surface area contributed by atoms with Crippen LogP contribution in [0, 0.1) is 5.92 Å². The smallest absolute Gasteiger partial charge is 0.158 e. The highest BCUT2D eigenvalue weighted by Gasteiger charge is 2.37. The van der Waals surface area contributed by atoms with Gasteiger partial charge in [-0.05, 0) is 46.8 Å².